The van der Waals surface area contributed by atoms with Crippen molar-refractivity contribution in [1.82, 2.24) is 9.97 Å². The first-order valence-electron chi connectivity index (χ1n) is 7.22. The van der Waals surface area contributed by atoms with Crippen LogP contribution in [-0.2, 0) is 4.79 Å². The standard InChI is InChI=1S/C15H19N3O2S/c1-9-3-5-15(6-4-9,14(19)20)18-13-12-11(16-8-17-13)10(2)7-21-12/h7-9H,3-6H2,1-2H3,(H,19,20)(H,16,17,18). The van der Waals surface area contributed by atoms with Crippen molar-refractivity contribution in [3.8, 4) is 0 Å². The number of carbonyl (C=O) groups is 1. The third-order valence-electron chi connectivity index (χ3n) is 4.43. The Bertz CT molecular complexity index is 675. The van der Waals surface area contributed by atoms with E-state index in [0.29, 0.717) is 24.6 Å². The van der Waals surface area contributed by atoms with Crippen LogP contribution >= 0.6 is 11.3 Å². The number of nitrogens with zero attached hydrogens (tertiary/aromatic N) is 2. The summed E-state index contributed by atoms with van der Waals surface area (Å²) in [5.41, 5.74) is 1.11. The number of rotatable bonds is 3. The second-order valence-electron chi connectivity index (χ2n) is 6.01. The lowest BCUT2D eigenvalue weighted by Gasteiger charge is -2.36. The number of anilines is 1. The van der Waals surface area contributed by atoms with Crippen LogP contribution in [0.5, 0.6) is 0 Å². The molecule has 0 bridgehead atoms. The van der Waals surface area contributed by atoms with Gasteiger partial charge in [-0.3, -0.25) is 0 Å². The number of thiophene rings is 1. The molecule has 5 nitrogen and oxygen atoms in total. The van der Waals surface area contributed by atoms with E-state index in [1.807, 2.05) is 12.3 Å². The zero-order valence-corrected chi connectivity index (χ0v) is 13.0. The van der Waals surface area contributed by atoms with E-state index in [9.17, 15) is 9.90 Å². The maximum atomic E-state index is 11.8. The topological polar surface area (TPSA) is 75.1 Å². The normalized spacial score (nSPS) is 25.9. The van der Waals surface area contributed by atoms with Gasteiger partial charge in [0, 0.05) is 0 Å². The van der Waals surface area contributed by atoms with E-state index >= 15 is 0 Å². The summed E-state index contributed by atoms with van der Waals surface area (Å²) in [5, 5.41) is 15.0. The molecule has 0 spiro atoms. The fourth-order valence-electron chi connectivity index (χ4n) is 2.93. The van der Waals surface area contributed by atoms with E-state index in [2.05, 4.69) is 22.2 Å². The van der Waals surface area contributed by atoms with Crippen LogP contribution < -0.4 is 5.32 Å². The van der Waals surface area contributed by atoms with Crippen LogP contribution in [0.25, 0.3) is 10.2 Å². The van der Waals surface area contributed by atoms with Crippen LogP contribution in [0.2, 0.25) is 0 Å². The molecule has 1 aliphatic rings. The van der Waals surface area contributed by atoms with Crippen molar-refractivity contribution in [3.63, 3.8) is 0 Å². The Kier molecular flexibility index (Phi) is 3.57. The molecule has 21 heavy (non-hydrogen) atoms. The molecule has 6 heteroatoms. The van der Waals surface area contributed by atoms with Gasteiger partial charge in [-0.15, -0.1) is 11.3 Å². The van der Waals surface area contributed by atoms with Gasteiger partial charge in [0.15, 0.2) is 0 Å². The number of aryl methyl sites for hydroxylation is 1. The van der Waals surface area contributed by atoms with Crippen LogP contribution in [0.15, 0.2) is 11.7 Å². The molecule has 2 N–H and O–H groups in total. The molecule has 1 fully saturated rings. The molecule has 0 aliphatic heterocycles. The molecule has 1 saturated carbocycles. The lowest BCUT2D eigenvalue weighted by atomic mass is 9.77. The van der Waals surface area contributed by atoms with Crippen LogP contribution in [0, 0.1) is 12.8 Å². The molecule has 0 atom stereocenters. The van der Waals surface area contributed by atoms with Crippen LogP contribution in [0.1, 0.15) is 38.2 Å². The van der Waals surface area contributed by atoms with Crippen LogP contribution in [-0.4, -0.2) is 26.6 Å². The molecular weight excluding hydrogens is 286 g/mol. The monoisotopic (exact) mass is 305 g/mol. The summed E-state index contributed by atoms with van der Waals surface area (Å²) >= 11 is 1.56. The number of aromatic nitrogens is 2. The van der Waals surface area contributed by atoms with Crippen molar-refractivity contribution >= 4 is 33.3 Å². The van der Waals surface area contributed by atoms with Crippen molar-refractivity contribution < 1.29 is 9.90 Å². The Morgan fingerprint density at radius 3 is 2.81 bits per heavy atom. The zero-order valence-electron chi connectivity index (χ0n) is 12.2. The lowest BCUT2D eigenvalue weighted by Crippen LogP contribution is -2.49. The third-order valence-corrected chi connectivity index (χ3v) is 5.52. The molecule has 0 aromatic carbocycles. The number of carboxylic acid groups (broad SMARTS) is 1. The molecule has 1 aliphatic carbocycles. The van der Waals surface area contributed by atoms with Gasteiger partial charge in [-0.1, -0.05) is 6.92 Å². The van der Waals surface area contributed by atoms with Gasteiger partial charge >= 0.3 is 5.97 Å². The lowest BCUT2D eigenvalue weighted by molar-refractivity contribution is -0.143. The summed E-state index contributed by atoms with van der Waals surface area (Å²) in [6.45, 7) is 4.18. The highest BCUT2D eigenvalue weighted by Crippen LogP contribution is 2.37. The number of nitrogens with one attached hydrogen (secondary N) is 1. The summed E-state index contributed by atoms with van der Waals surface area (Å²) < 4.78 is 0.939. The van der Waals surface area contributed by atoms with Gasteiger partial charge in [-0.25, -0.2) is 14.8 Å². The quantitative estimate of drug-likeness (QED) is 0.908. The summed E-state index contributed by atoms with van der Waals surface area (Å²) in [6.07, 6.45) is 4.64. The Hall–Kier alpha value is -1.69. The Balaban J connectivity index is 1.97. The van der Waals surface area contributed by atoms with Crippen molar-refractivity contribution in [3.05, 3.63) is 17.3 Å². The molecule has 2 aromatic heterocycles. The van der Waals surface area contributed by atoms with E-state index in [1.54, 1.807) is 11.3 Å². The first-order chi connectivity index (χ1) is 10.0. The highest BCUT2D eigenvalue weighted by molar-refractivity contribution is 7.18. The largest absolute Gasteiger partial charge is 0.480 e. The number of hydrogen-bond acceptors (Lipinski definition) is 5. The van der Waals surface area contributed by atoms with Crippen LogP contribution in [0.3, 0.4) is 0 Å². The molecular formula is C15H19N3O2S. The molecule has 0 amide bonds. The minimum absolute atomic E-state index is 0.591. The number of hydrogen-bond donors (Lipinski definition) is 2. The van der Waals surface area contributed by atoms with E-state index in [-0.39, 0.29) is 0 Å². The fraction of sp³-hybridized carbons (Fsp3) is 0.533. The van der Waals surface area contributed by atoms with Crippen molar-refractivity contribution in [2.24, 2.45) is 5.92 Å². The summed E-state index contributed by atoms with van der Waals surface area (Å²) in [5.74, 6) is 0.457. The predicted molar refractivity (Wildman–Crippen MR) is 83.8 cm³/mol. The first kappa shape index (κ1) is 14.3. The third kappa shape index (κ3) is 2.48. The van der Waals surface area contributed by atoms with Crippen LogP contribution in [0.4, 0.5) is 5.82 Å². The average Bonchev–Trinajstić information content (AvgIpc) is 2.84. The summed E-state index contributed by atoms with van der Waals surface area (Å²) in [7, 11) is 0. The van der Waals surface area contributed by atoms with Crippen molar-refractivity contribution in [1.29, 1.82) is 0 Å². The maximum Gasteiger partial charge on any atom is 0.329 e. The van der Waals surface area contributed by atoms with Crippen molar-refractivity contribution in [2.75, 3.05) is 5.32 Å². The minimum atomic E-state index is -0.897. The average molecular weight is 305 g/mol. The molecule has 2 aromatic rings. The predicted octanol–water partition coefficient (Wildman–Crippen LogP) is 3.45. The van der Waals surface area contributed by atoms with E-state index in [0.717, 1.165) is 28.6 Å². The number of fused-ring (bicyclic) bond motifs is 1. The van der Waals surface area contributed by atoms with Gasteiger partial charge in [0.05, 0.1) is 10.2 Å². The minimum Gasteiger partial charge on any atom is -0.480 e. The SMILES string of the molecule is Cc1csc2c(NC3(C(=O)O)CCC(C)CC3)ncnc12. The number of carboxylic acids is 1. The van der Waals surface area contributed by atoms with Crippen molar-refractivity contribution in [2.45, 2.75) is 45.1 Å². The maximum absolute atomic E-state index is 11.8. The molecule has 2 heterocycles. The van der Waals surface area contributed by atoms with E-state index < -0.39 is 11.5 Å². The van der Waals surface area contributed by atoms with Gasteiger partial charge in [-0.05, 0) is 49.5 Å². The Morgan fingerprint density at radius 2 is 2.14 bits per heavy atom. The second-order valence-corrected chi connectivity index (χ2v) is 6.89. The molecule has 0 radical (unpaired) electrons. The summed E-state index contributed by atoms with van der Waals surface area (Å²) in [6, 6.07) is 0. The van der Waals surface area contributed by atoms with E-state index in [4.69, 9.17) is 0 Å². The fourth-order valence-corrected chi connectivity index (χ4v) is 3.88. The molecule has 3 rings (SSSR count). The Labute approximate surface area is 127 Å². The molecule has 112 valence electrons. The highest BCUT2D eigenvalue weighted by atomic mass is 32.1. The smallest absolute Gasteiger partial charge is 0.329 e. The second kappa shape index (κ2) is 5.26. The number of aliphatic carboxylic acids is 1. The van der Waals surface area contributed by atoms with Gasteiger partial charge in [0.2, 0.25) is 0 Å². The first-order valence-corrected chi connectivity index (χ1v) is 8.10. The molecule has 0 unspecified atom stereocenters. The molecule has 0 saturated heterocycles. The van der Waals surface area contributed by atoms with Gasteiger partial charge < -0.3 is 10.4 Å². The summed E-state index contributed by atoms with van der Waals surface area (Å²) in [4.78, 5) is 20.4. The van der Waals surface area contributed by atoms with E-state index in [1.165, 1.54) is 6.33 Å². The zero-order chi connectivity index (χ0) is 15.0. The van der Waals surface area contributed by atoms with Gasteiger partial charge in [0.25, 0.3) is 0 Å². The Morgan fingerprint density at radius 1 is 1.43 bits per heavy atom. The van der Waals surface area contributed by atoms with Gasteiger partial charge in [0.1, 0.15) is 17.7 Å². The highest BCUT2D eigenvalue weighted by Gasteiger charge is 2.41. The van der Waals surface area contributed by atoms with Gasteiger partial charge in [-0.2, -0.15) is 0 Å².